The Labute approximate surface area is 117 Å². The molecule has 20 heavy (non-hydrogen) atoms. The van der Waals surface area contributed by atoms with E-state index in [1.165, 1.54) is 18.2 Å². The third-order valence-electron chi connectivity index (χ3n) is 3.12. The van der Waals surface area contributed by atoms with E-state index in [-0.39, 0.29) is 17.1 Å². The monoisotopic (exact) mass is 273 g/mol. The molecule has 0 spiro atoms. The van der Waals surface area contributed by atoms with Crippen LogP contribution in [-0.2, 0) is 5.54 Å². The van der Waals surface area contributed by atoms with E-state index in [0.717, 1.165) is 0 Å². The zero-order valence-corrected chi connectivity index (χ0v) is 11.4. The number of nitrogens with one attached hydrogen (secondary N) is 1. The van der Waals surface area contributed by atoms with Gasteiger partial charge in [0, 0.05) is 5.56 Å². The highest BCUT2D eigenvalue weighted by atomic mass is 19.1. The number of benzene rings is 2. The molecule has 0 bridgehead atoms. The van der Waals surface area contributed by atoms with Crippen molar-refractivity contribution in [2.45, 2.75) is 19.4 Å². The lowest BCUT2D eigenvalue weighted by atomic mass is 9.93. The van der Waals surface area contributed by atoms with Crippen LogP contribution < -0.4 is 5.32 Å². The Morgan fingerprint density at radius 1 is 1.10 bits per heavy atom. The molecular weight excluding hydrogens is 257 g/mol. The number of amides is 1. The Balaban J connectivity index is 2.27. The average Bonchev–Trinajstić information content (AvgIpc) is 2.38. The third-order valence-corrected chi connectivity index (χ3v) is 3.12. The lowest BCUT2D eigenvalue weighted by Crippen LogP contribution is -2.41. The van der Waals surface area contributed by atoms with Crippen LogP contribution in [0.3, 0.4) is 0 Å². The second kappa shape index (κ2) is 5.33. The van der Waals surface area contributed by atoms with Gasteiger partial charge in [0.1, 0.15) is 11.6 Å². The van der Waals surface area contributed by atoms with E-state index in [2.05, 4.69) is 5.32 Å². The summed E-state index contributed by atoms with van der Waals surface area (Å²) in [6.45, 7) is 3.42. The minimum Gasteiger partial charge on any atom is -0.507 e. The number of hydrogen-bond donors (Lipinski definition) is 2. The van der Waals surface area contributed by atoms with Crippen LogP contribution in [0.5, 0.6) is 5.75 Å². The number of carbonyl (C=O) groups excluding carboxylic acids is 1. The smallest absolute Gasteiger partial charge is 0.255 e. The van der Waals surface area contributed by atoms with Gasteiger partial charge in [-0.05, 0) is 32.0 Å². The van der Waals surface area contributed by atoms with Crippen LogP contribution in [0, 0.1) is 5.82 Å². The maximum absolute atomic E-state index is 13.8. The summed E-state index contributed by atoms with van der Waals surface area (Å²) >= 11 is 0. The first kappa shape index (κ1) is 14.1. The topological polar surface area (TPSA) is 49.3 Å². The summed E-state index contributed by atoms with van der Waals surface area (Å²) in [5.74, 6) is -0.930. The van der Waals surface area contributed by atoms with Crippen LogP contribution in [-0.4, -0.2) is 11.0 Å². The van der Waals surface area contributed by atoms with Gasteiger partial charge in [-0.2, -0.15) is 0 Å². The molecule has 1 amide bonds. The molecule has 4 heteroatoms. The quantitative estimate of drug-likeness (QED) is 0.902. The zero-order valence-electron chi connectivity index (χ0n) is 11.4. The number of phenols is 1. The van der Waals surface area contributed by atoms with Crippen molar-refractivity contribution in [3.63, 3.8) is 0 Å². The Hall–Kier alpha value is -2.36. The molecule has 2 aromatic rings. The average molecular weight is 273 g/mol. The Bertz CT molecular complexity index is 638. The van der Waals surface area contributed by atoms with Gasteiger partial charge in [0.05, 0.1) is 11.1 Å². The standard InChI is InChI=1S/C16H16FNO2/c1-16(2,12-8-4-5-9-13(12)17)18-15(20)11-7-3-6-10-14(11)19/h3-10,19H,1-2H3,(H,18,20). The third kappa shape index (κ3) is 2.79. The lowest BCUT2D eigenvalue weighted by molar-refractivity contribution is 0.0908. The number of aromatic hydroxyl groups is 1. The van der Waals surface area contributed by atoms with Crippen LogP contribution >= 0.6 is 0 Å². The molecule has 0 aliphatic rings. The minimum atomic E-state index is -0.884. The highest BCUT2D eigenvalue weighted by Gasteiger charge is 2.27. The molecule has 2 N–H and O–H groups in total. The summed E-state index contributed by atoms with van der Waals surface area (Å²) in [6, 6.07) is 12.5. The Morgan fingerprint density at radius 2 is 1.70 bits per heavy atom. The van der Waals surface area contributed by atoms with Gasteiger partial charge < -0.3 is 10.4 Å². The predicted molar refractivity (Wildman–Crippen MR) is 75.0 cm³/mol. The SMILES string of the molecule is CC(C)(NC(=O)c1ccccc1O)c1ccccc1F. The van der Waals surface area contributed by atoms with Gasteiger partial charge in [-0.1, -0.05) is 30.3 Å². The molecule has 0 fully saturated rings. The van der Waals surface area contributed by atoms with Crippen LogP contribution in [0.25, 0.3) is 0 Å². The van der Waals surface area contributed by atoms with Crippen LogP contribution in [0.15, 0.2) is 48.5 Å². The molecule has 0 unspecified atom stereocenters. The first-order valence-corrected chi connectivity index (χ1v) is 6.27. The summed E-state index contributed by atoms with van der Waals surface area (Å²) in [5.41, 5.74) is -0.328. The van der Waals surface area contributed by atoms with Gasteiger partial charge in [0.15, 0.2) is 0 Å². The molecule has 0 aromatic heterocycles. The number of phenolic OH excluding ortho intramolecular Hbond substituents is 1. The summed E-state index contributed by atoms with van der Waals surface area (Å²) in [5, 5.41) is 12.4. The van der Waals surface area contributed by atoms with Gasteiger partial charge in [-0.3, -0.25) is 4.79 Å². The van der Waals surface area contributed by atoms with Gasteiger partial charge >= 0.3 is 0 Å². The summed E-state index contributed by atoms with van der Waals surface area (Å²) < 4.78 is 13.8. The van der Waals surface area contributed by atoms with Gasteiger partial charge in [-0.15, -0.1) is 0 Å². The molecule has 0 radical (unpaired) electrons. The Morgan fingerprint density at radius 3 is 2.35 bits per heavy atom. The first-order chi connectivity index (χ1) is 9.42. The van der Waals surface area contributed by atoms with Crippen LogP contribution in [0.4, 0.5) is 4.39 Å². The van der Waals surface area contributed by atoms with E-state index in [0.29, 0.717) is 5.56 Å². The van der Waals surface area contributed by atoms with Gasteiger partial charge in [0.2, 0.25) is 0 Å². The summed E-state index contributed by atoms with van der Waals surface area (Å²) in [7, 11) is 0. The molecule has 0 aliphatic heterocycles. The molecule has 0 saturated heterocycles. The molecule has 0 atom stereocenters. The van der Waals surface area contributed by atoms with Gasteiger partial charge in [0.25, 0.3) is 5.91 Å². The van der Waals surface area contributed by atoms with Crippen molar-refractivity contribution in [2.24, 2.45) is 0 Å². The second-order valence-electron chi connectivity index (χ2n) is 5.08. The van der Waals surface area contributed by atoms with Crippen molar-refractivity contribution in [2.75, 3.05) is 0 Å². The van der Waals surface area contributed by atoms with Crippen LogP contribution in [0.2, 0.25) is 0 Å². The normalized spacial score (nSPS) is 11.2. The van der Waals surface area contributed by atoms with E-state index in [1.54, 1.807) is 44.2 Å². The van der Waals surface area contributed by atoms with Crippen molar-refractivity contribution in [1.29, 1.82) is 0 Å². The van der Waals surface area contributed by atoms with Crippen molar-refractivity contribution in [1.82, 2.24) is 5.32 Å². The number of para-hydroxylation sites is 1. The fraction of sp³-hybridized carbons (Fsp3) is 0.188. The Kier molecular flexibility index (Phi) is 3.74. The molecule has 0 aliphatic carbocycles. The lowest BCUT2D eigenvalue weighted by Gasteiger charge is -2.27. The maximum atomic E-state index is 13.8. The predicted octanol–water partition coefficient (Wildman–Crippen LogP) is 3.20. The fourth-order valence-corrected chi connectivity index (χ4v) is 2.05. The molecule has 0 heterocycles. The fourth-order valence-electron chi connectivity index (χ4n) is 2.05. The van der Waals surface area contributed by atoms with Crippen LogP contribution in [0.1, 0.15) is 29.8 Å². The number of rotatable bonds is 3. The molecule has 3 nitrogen and oxygen atoms in total. The summed E-state index contributed by atoms with van der Waals surface area (Å²) in [4.78, 5) is 12.2. The van der Waals surface area contributed by atoms with Crippen molar-refractivity contribution in [3.05, 3.63) is 65.5 Å². The largest absolute Gasteiger partial charge is 0.507 e. The first-order valence-electron chi connectivity index (χ1n) is 6.27. The van der Waals surface area contributed by atoms with E-state index >= 15 is 0 Å². The zero-order chi connectivity index (χ0) is 14.8. The van der Waals surface area contributed by atoms with Crippen molar-refractivity contribution in [3.8, 4) is 5.75 Å². The summed E-state index contributed by atoms with van der Waals surface area (Å²) in [6.07, 6.45) is 0. The van der Waals surface area contributed by atoms with E-state index in [9.17, 15) is 14.3 Å². The van der Waals surface area contributed by atoms with E-state index in [1.807, 2.05) is 0 Å². The van der Waals surface area contributed by atoms with Crippen molar-refractivity contribution < 1.29 is 14.3 Å². The number of hydrogen-bond acceptors (Lipinski definition) is 2. The molecule has 0 saturated carbocycles. The molecule has 2 aromatic carbocycles. The maximum Gasteiger partial charge on any atom is 0.255 e. The molecular formula is C16H16FNO2. The number of halogens is 1. The van der Waals surface area contributed by atoms with Crippen molar-refractivity contribution >= 4 is 5.91 Å². The molecule has 2 rings (SSSR count). The minimum absolute atomic E-state index is 0.102. The van der Waals surface area contributed by atoms with E-state index in [4.69, 9.17) is 0 Å². The molecule has 104 valence electrons. The van der Waals surface area contributed by atoms with E-state index < -0.39 is 11.4 Å². The highest BCUT2D eigenvalue weighted by molar-refractivity contribution is 5.97. The second-order valence-corrected chi connectivity index (χ2v) is 5.08. The number of carbonyl (C=O) groups is 1. The highest BCUT2D eigenvalue weighted by Crippen LogP contribution is 2.24. The van der Waals surface area contributed by atoms with Gasteiger partial charge in [-0.25, -0.2) is 4.39 Å².